The topological polar surface area (TPSA) is 76.7 Å². The summed E-state index contributed by atoms with van der Waals surface area (Å²) < 4.78 is 11.4. The summed E-state index contributed by atoms with van der Waals surface area (Å²) in [6, 6.07) is 23.2. The number of thioether (sulfide) groups is 1. The molecule has 0 atom stereocenters. The van der Waals surface area contributed by atoms with E-state index in [0.717, 1.165) is 22.4 Å². The van der Waals surface area contributed by atoms with E-state index in [1.165, 1.54) is 17.3 Å². The van der Waals surface area contributed by atoms with Gasteiger partial charge < -0.3 is 9.15 Å². The molecule has 0 spiro atoms. The smallest absolute Gasteiger partial charge is 0.257 e. The summed E-state index contributed by atoms with van der Waals surface area (Å²) in [5.74, 6) is 0.654. The van der Waals surface area contributed by atoms with Gasteiger partial charge in [-0.1, -0.05) is 65.9 Å². The van der Waals surface area contributed by atoms with Gasteiger partial charge in [0.05, 0.1) is 12.0 Å². The van der Waals surface area contributed by atoms with Crippen molar-refractivity contribution in [3.05, 3.63) is 89.5 Å². The van der Waals surface area contributed by atoms with Crippen molar-refractivity contribution in [2.75, 3.05) is 5.75 Å². The lowest BCUT2D eigenvalue weighted by Gasteiger charge is -2.07. The third kappa shape index (κ3) is 5.96. The third-order valence-corrected chi connectivity index (χ3v) is 5.22. The normalized spacial score (nSPS) is 11.1. The Morgan fingerprint density at radius 2 is 1.97 bits per heavy atom. The van der Waals surface area contributed by atoms with Crippen molar-refractivity contribution < 1.29 is 13.9 Å². The Balaban J connectivity index is 1.25. The van der Waals surface area contributed by atoms with E-state index in [-0.39, 0.29) is 11.7 Å². The molecule has 31 heavy (non-hydrogen) atoms. The van der Waals surface area contributed by atoms with Gasteiger partial charge in [0.25, 0.3) is 11.1 Å². The predicted molar refractivity (Wildman–Crippen MR) is 122 cm³/mol. The van der Waals surface area contributed by atoms with Gasteiger partial charge in [-0.2, -0.15) is 5.10 Å². The molecule has 1 heterocycles. The van der Waals surface area contributed by atoms with Crippen molar-refractivity contribution in [1.29, 1.82) is 0 Å². The second-order valence-corrected chi connectivity index (χ2v) is 7.80. The largest absolute Gasteiger partial charge is 0.489 e. The number of benzene rings is 3. The number of rotatable bonds is 8. The Morgan fingerprint density at radius 3 is 2.81 bits per heavy atom. The number of para-hydroxylation sites is 2. The van der Waals surface area contributed by atoms with Crippen LogP contribution in [0.2, 0.25) is 0 Å². The summed E-state index contributed by atoms with van der Waals surface area (Å²) in [7, 11) is 0. The second-order valence-electron chi connectivity index (χ2n) is 6.88. The molecule has 0 aliphatic carbocycles. The number of nitrogens with one attached hydrogen (secondary N) is 1. The zero-order valence-corrected chi connectivity index (χ0v) is 17.8. The van der Waals surface area contributed by atoms with E-state index in [2.05, 4.69) is 46.7 Å². The van der Waals surface area contributed by atoms with Gasteiger partial charge >= 0.3 is 0 Å². The van der Waals surface area contributed by atoms with Crippen molar-refractivity contribution in [3.63, 3.8) is 0 Å². The SMILES string of the molecule is Cc1ccc(COc2cccc(/C=N/NC(=O)CSc3nc4ccccc4o3)c2)cc1. The lowest BCUT2D eigenvalue weighted by atomic mass is 10.2. The fraction of sp³-hybridized carbons (Fsp3) is 0.125. The molecule has 0 fully saturated rings. The summed E-state index contributed by atoms with van der Waals surface area (Å²) in [5, 5.41) is 4.48. The Bertz CT molecular complexity index is 1170. The number of aromatic nitrogens is 1. The van der Waals surface area contributed by atoms with Gasteiger partial charge in [-0.05, 0) is 42.3 Å². The summed E-state index contributed by atoms with van der Waals surface area (Å²) in [6.07, 6.45) is 1.58. The number of amides is 1. The molecule has 0 aliphatic rings. The summed E-state index contributed by atoms with van der Waals surface area (Å²) in [4.78, 5) is 16.4. The summed E-state index contributed by atoms with van der Waals surface area (Å²) >= 11 is 1.22. The van der Waals surface area contributed by atoms with Crippen LogP contribution in [0.1, 0.15) is 16.7 Å². The van der Waals surface area contributed by atoms with Crippen LogP contribution in [0.5, 0.6) is 5.75 Å². The quantitative estimate of drug-likeness (QED) is 0.242. The van der Waals surface area contributed by atoms with E-state index in [1.807, 2.05) is 48.5 Å². The third-order valence-electron chi connectivity index (χ3n) is 4.39. The van der Waals surface area contributed by atoms with Gasteiger partial charge in [0.15, 0.2) is 5.58 Å². The van der Waals surface area contributed by atoms with E-state index in [1.54, 1.807) is 6.21 Å². The Hall–Kier alpha value is -3.58. The molecule has 4 rings (SSSR count). The summed E-state index contributed by atoms with van der Waals surface area (Å²) in [5.41, 5.74) is 7.14. The van der Waals surface area contributed by atoms with Gasteiger partial charge in [0.2, 0.25) is 0 Å². The van der Waals surface area contributed by atoms with Crippen LogP contribution in [-0.4, -0.2) is 22.9 Å². The van der Waals surface area contributed by atoms with Crippen molar-refractivity contribution in [3.8, 4) is 5.75 Å². The van der Waals surface area contributed by atoms with Crippen molar-refractivity contribution >= 4 is 35.0 Å². The first kappa shape index (κ1) is 20.7. The molecule has 1 amide bonds. The van der Waals surface area contributed by atoms with E-state index in [4.69, 9.17) is 9.15 Å². The standard InChI is InChI=1S/C24H21N3O3S/c1-17-9-11-18(12-10-17)15-29-20-6-4-5-19(13-20)14-25-27-23(28)16-31-24-26-21-7-2-3-8-22(21)30-24/h2-14H,15-16H2,1H3,(H,27,28)/b25-14+. The first-order valence-corrected chi connectivity index (χ1v) is 10.7. The molecule has 6 nitrogen and oxygen atoms in total. The number of carbonyl (C=O) groups excluding carboxylic acids is 1. The number of fused-ring (bicyclic) bond motifs is 1. The molecule has 0 radical (unpaired) electrons. The van der Waals surface area contributed by atoms with Gasteiger partial charge in [0, 0.05) is 0 Å². The van der Waals surface area contributed by atoms with Crippen LogP contribution < -0.4 is 10.2 Å². The van der Waals surface area contributed by atoms with E-state index < -0.39 is 0 Å². The number of aryl methyl sites for hydroxylation is 1. The summed E-state index contributed by atoms with van der Waals surface area (Å²) in [6.45, 7) is 2.55. The van der Waals surface area contributed by atoms with Crippen LogP contribution in [0.25, 0.3) is 11.1 Å². The highest BCUT2D eigenvalue weighted by Crippen LogP contribution is 2.22. The lowest BCUT2D eigenvalue weighted by Crippen LogP contribution is -2.19. The average molecular weight is 432 g/mol. The molecule has 7 heteroatoms. The van der Waals surface area contributed by atoms with Crippen LogP contribution in [0.15, 0.2) is 87.5 Å². The number of hydrogen-bond donors (Lipinski definition) is 1. The van der Waals surface area contributed by atoms with Gasteiger partial charge in [-0.3, -0.25) is 4.79 Å². The fourth-order valence-corrected chi connectivity index (χ4v) is 3.42. The van der Waals surface area contributed by atoms with Crippen LogP contribution in [0, 0.1) is 6.92 Å². The molecule has 4 aromatic rings. The van der Waals surface area contributed by atoms with E-state index in [0.29, 0.717) is 17.4 Å². The van der Waals surface area contributed by atoms with E-state index >= 15 is 0 Å². The van der Waals surface area contributed by atoms with Gasteiger partial charge in [0.1, 0.15) is 17.9 Å². The highest BCUT2D eigenvalue weighted by Gasteiger charge is 2.08. The van der Waals surface area contributed by atoms with Gasteiger partial charge in [-0.25, -0.2) is 10.4 Å². The van der Waals surface area contributed by atoms with Crippen molar-refractivity contribution in [2.24, 2.45) is 5.10 Å². The molecule has 0 aliphatic heterocycles. The highest BCUT2D eigenvalue weighted by atomic mass is 32.2. The minimum absolute atomic E-state index is 0.157. The zero-order chi connectivity index (χ0) is 21.5. The molecular formula is C24H21N3O3S. The number of carbonyl (C=O) groups is 1. The Morgan fingerprint density at radius 1 is 1.13 bits per heavy atom. The monoisotopic (exact) mass is 431 g/mol. The molecule has 0 saturated heterocycles. The van der Waals surface area contributed by atoms with Crippen LogP contribution in [0.3, 0.4) is 0 Å². The maximum absolute atomic E-state index is 12.0. The fourth-order valence-electron chi connectivity index (χ4n) is 2.79. The predicted octanol–water partition coefficient (Wildman–Crippen LogP) is 4.96. The molecule has 0 saturated carbocycles. The molecule has 0 bridgehead atoms. The number of hydrogen-bond acceptors (Lipinski definition) is 6. The van der Waals surface area contributed by atoms with Crippen LogP contribution >= 0.6 is 11.8 Å². The minimum Gasteiger partial charge on any atom is -0.489 e. The zero-order valence-electron chi connectivity index (χ0n) is 16.9. The average Bonchev–Trinajstić information content (AvgIpc) is 3.21. The van der Waals surface area contributed by atoms with Crippen LogP contribution in [0.4, 0.5) is 0 Å². The first-order valence-electron chi connectivity index (χ1n) is 9.74. The first-order chi connectivity index (χ1) is 15.2. The van der Waals surface area contributed by atoms with Crippen molar-refractivity contribution in [2.45, 2.75) is 18.8 Å². The molecule has 1 N–H and O–H groups in total. The van der Waals surface area contributed by atoms with Crippen LogP contribution in [-0.2, 0) is 11.4 Å². The molecule has 3 aromatic carbocycles. The maximum Gasteiger partial charge on any atom is 0.257 e. The molecule has 156 valence electrons. The number of hydrazone groups is 1. The molecule has 0 unspecified atom stereocenters. The number of ether oxygens (including phenoxy) is 1. The number of oxazole rings is 1. The van der Waals surface area contributed by atoms with Gasteiger partial charge in [-0.15, -0.1) is 0 Å². The molecule has 1 aromatic heterocycles. The van der Waals surface area contributed by atoms with Crippen molar-refractivity contribution in [1.82, 2.24) is 10.4 Å². The Kier molecular flexibility index (Phi) is 6.64. The highest BCUT2D eigenvalue weighted by molar-refractivity contribution is 7.99. The lowest BCUT2D eigenvalue weighted by molar-refractivity contribution is -0.118. The number of nitrogens with zero attached hydrogens (tertiary/aromatic N) is 2. The Labute approximate surface area is 184 Å². The minimum atomic E-state index is -0.240. The second kappa shape index (κ2) is 9.95. The van der Waals surface area contributed by atoms with E-state index in [9.17, 15) is 4.79 Å². The maximum atomic E-state index is 12.0. The molecular weight excluding hydrogens is 410 g/mol.